The molecular formula is C22H20FN5O3S. The first-order chi connectivity index (χ1) is 15.5. The van der Waals surface area contributed by atoms with Gasteiger partial charge in [-0.2, -0.15) is 5.10 Å². The van der Waals surface area contributed by atoms with Crippen molar-refractivity contribution in [3.8, 4) is 11.4 Å². The van der Waals surface area contributed by atoms with Gasteiger partial charge in [-0.25, -0.2) is 9.37 Å². The number of amides is 1. The minimum absolute atomic E-state index is 0.0292. The van der Waals surface area contributed by atoms with E-state index < -0.39 is 5.82 Å². The fourth-order valence-corrected chi connectivity index (χ4v) is 3.86. The lowest BCUT2D eigenvalue weighted by molar-refractivity contribution is -0.113. The molecule has 2 N–H and O–H groups in total. The summed E-state index contributed by atoms with van der Waals surface area (Å²) in [6, 6.07) is 11.5. The van der Waals surface area contributed by atoms with Crippen molar-refractivity contribution < 1.29 is 13.9 Å². The zero-order valence-corrected chi connectivity index (χ0v) is 18.2. The van der Waals surface area contributed by atoms with Crippen LogP contribution in [0.5, 0.6) is 5.75 Å². The minimum atomic E-state index is -0.397. The van der Waals surface area contributed by atoms with Crippen LogP contribution in [0.4, 0.5) is 10.1 Å². The van der Waals surface area contributed by atoms with E-state index >= 15 is 0 Å². The monoisotopic (exact) mass is 453 g/mol. The number of halogens is 1. The van der Waals surface area contributed by atoms with Gasteiger partial charge in [-0.05, 0) is 55.8 Å². The highest BCUT2D eigenvalue weighted by molar-refractivity contribution is 7.99. The Morgan fingerprint density at radius 2 is 2.03 bits per heavy atom. The van der Waals surface area contributed by atoms with Crippen LogP contribution in [0.2, 0.25) is 0 Å². The van der Waals surface area contributed by atoms with Crippen molar-refractivity contribution in [2.75, 3.05) is 17.7 Å². The number of benzene rings is 2. The summed E-state index contributed by atoms with van der Waals surface area (Å²) in [7, 11) is 0. The summed E-state index contributed by atoms with van der Waals surface area (Å²) in [5, 5.41) is 9.90. The smallest absolute Gasteiger partial charge is 0.269 e. The molecule has 0 aliphatic heterocycles. The van der Waals surface area contributed by atoms with E-state index in [-0.39, 0.29) is 17.2 Å². The number of nitrogens with zero attached hydrogens (tertiary/aromatic N) is 3. The first kappa shape index (κ1) is 21.6. The van der Waals surface area contributed by atoms with Crippen molar-refractivity contribution in [1.29, 1.82) is 0 Å². The number of fused-ring (bicyclic) bond motifs is 1. The van der Waals surface area contributed by atoms with Crippen LogP contribution in [0.15, 0.2) is 58.6 Å². The second-order valence-electron chi connectivity index (χ2n) is 6.89. The van der Waals surface area contributed by atoms with Gasteiger partial charge in [-0.3, -0.25) is 19.3 Å². The Hall–Kier alpha value is -3.66. The van der Waals surface area contributed by atoms with Gasteiger partial charge in [-0.15, -0.1) is 0 Å². The van der Waals surface area contributed by atoms with E-state index in [1.165, 1.54) is 16.8 Å². The number of aromatic nitrogens is 4. The Labute approximate surface area is 186 Å². The number of nitrogens with one attached hydrogen (secondary N) is 2. The molecule has 2 heterocycles. The summed E-state index contributed by atoms with van der Waals surface area (Å²) in [6.07, 6.45) is 1.42. The molecule has 0 bridgehead atoms. The molecule has 164 valence electrons. The van der Waals surface area contributed by atoms with E-state index in [2.05, 4.69) is 20.5 Å². The van der Waals surface area contributed by atoms with Gasteiger partial charge < -0.3 is 10.1 Å². The molecule has 0 spiro atoms. The van der Waals surface area contributed by atoms with E-state index in [0.29, 0.717) is 45.5 Å². The van der Waals surface area contributed by atoms with Crippen molar-refractivity contribution >= 4 is 34.4 Å². The molecule has 8 nitrogen and oxygen atoms in total. The number of rotatable bonds is 7. The number of ether oxygens (including phenoxy) is 1. The van der Waals surface area contributed by atoms with Gasteiger partial charge in [-0.1, -0.05) is 17.8 Å². The van der Waals surface area contributed by atoms with Gasteiger partial charge >= 0.3 is 0 Å². The van der Waals surface area contributed by atoms with Gasteiger partial charge in [0.25, 0.3) is 5.56 Å². The Kier molecular flexibility index (Phi) is 6.22. The van der Waals surface area contributed by atoms with Gasteiger partial charge in [0.05, 0.1) is 24.2 Å². The molecule has 0 saturated heterocycles. The zero-order chi connectivity index (χ0) is 22.7. The third-order valence-electron chi connectivity index (χ3n) is 4.65. The summed E-state index contributed by atoms with van der Waals surface area (Å²) < 4.78 is 20.6. The normalized spacial score (nSPS) is 11.0. The molecule has 32 heavy (non-hydrogen) atoms. The molecule has 1 amide bonds. The van der Waals surface area contributed by atoms with Crippen LogP contribution >= 0.6 is 11.8 Å². The molecule has 0 atom stereocenters. The lowest BCUT2D eigenvalue weighted by Crippen LogP contribution is -2.22. The third-order valence-corrected chi connectivity index (χ3v) is 5.58. The van der Waals surface area contributed by atoms with Gasteiger partial charge in [0.2, 0.25) is 5.91 Å². The largest absolute Gasteiger partial charge is 0.494 e. The highest BCUT2D eigenvalue weighted by Gasteiger charge is 2.16. The summed E-state index contributed by atoms with van der Waals surface area (Å²) in [4.78, 5) is 30.0. The number of carbonyl (C=O) groups excluding carboxylic acids is 1. The van der Waals surface area contributed by atoms with Crippen LogP contribution in [0, 0.1) is 12.7 Å². The predicted octanol–water partition coefficient (Wildman–Crippen LogP) is 3.69. The van der Waals surface area contributed by atoms with E-state index in [4.69, 9.17) is 4.74 Å². The molecule has 0 fully saturated rings. The van der Waals surface area contributed by atoms with Crippen molar-refractivity contribution in [3.05, 3.63) is 70.4 Å². The van der Waals surface area contributed by atoms with Gasteiger partial charge in [0.15, 0.2) is 10.8 Å². The Balaban J connectivity index is 1.61. The predicted molar refractivity (Wildman–Crippen MR) is 121 cm³/mol. The first-order valence-corrected chi connectivity index (χ1v) is 10.8. The van der Waals surface area contributed by atoms with Crippen molar-refractivity contribution in [1.82, 2.24) is 19.7 Å². The number of aromatic amines is 1. The maximum atomic E-state index is 13.7. The number of hydrogen-bond donors (Lipinski definition) is 2. The highest BCUT2D eigenvalue weighted by Crippen LogP contribution is 2.23. The SMILES string of the molecule is CCOc1ccc(-n2c(SCC(=O)Nc3ccc(C)c(F)c3)nc3[nH]ncc3c2=O)cc1. The molecule has 4 aromatic rings. The van der Waals surface area contributed by atoms with Crippen LogP contribution in [0.3, 0.4) is 0 Å². The van der Waals surface area contributed by atoms with E-state index in [0.717, 1.165) is 11.8 Å². The molecule has 0 radical (unpaired) electrons. The summed E-state index contributed by atoms with van der Waals surface area (Å²) in [5.41, 5.74) is 1.46. The van der Waals surface area contributed by atoms with Gasteiger partial charge in [0.1, 0.15) is 17.0 Å². The van der Waals surface area contributed by atoms with E-state index in [1.807, 2.05) is 6.92 Å². The zero-order valence-electron chi connectivity index (χ0n) is 17.4. The number of aryl methyl sites for hydroxylation is 1. The average molecular weight is 453 g/mol. The number of carbonyl (C=O) groups is 1. The van der Waals surface area contributed by atoms with Crippen molar-refractivity contribution in [3.63, 3.8) is 0 Å². The Morgan fingerprint density at radius 1 is 1.25 bits per heavy atom. The molecule has 0 aliphatic rings. The molecule has 0 aliphatic carbocycles. The molecule has 2 aromatic heterocycles. The van der Waals surface area contributed by atoms with Gasteiger partial charge in [0, 0.05) is 5.69 Å². The lowest BCUT2D eigenvalue weighted by atomic mass is 10.2. The second kappa shape index (κ2) is 9.23. The molecule has 0 unspecified atom stereocenters. The molecule has 4 rings (SSSR count). The van der Waals surface area contributed by atoms with Crippen LogP contribution in [0.1, 0.15) is 12.5 Å². The summed E-state index contributed by atoms with van der Waals surface area (Å²) >= 11 is 1.09. The van der Waals surface area contributed by atoms with Crippen molar-refractivity contribution in [2.45, 2.75) is 19.0 Å². The van der Waals surface area contributed by atoms with E-state index in [9.17, 15) is 14.0 Å². The van der Waals surface area contributed by atoms with E-state index in [1.54, 1.807) is 43.3 Å². The Bertz CT molecular complexity index is 1330. The number of thioether (sulfide) groups is 1. The quantitative estimate of drug-likeness (QED) is 0.327. The van der Waals surface area contributed by atoms with Crippen LogP contribution in [0.25, 0.3) is 16.7 Å². The van der Waals surface area contributed by atoms with Crippen LogP contribution < -0.4 is 15.6 Å². The standard InChI is InChI=1S/C22H20FN5O3S/c1-3-31-16-8-6-15(7-9-16)28-21(30)17-11-24-27-20(17)26-22(28)32-12-19(29)25-14-5-4-13(2)18(23)10-14/h4-11H,3,12H2,1-2H3,(H,24,27)(H,25,29). The summed E-state index contributed by atoms with van der Waals surface area (Å²) in [6.45, 7) is 4.07. The maximum absolute atomic E-state index is 13.7. The number of anilines is 1. The third kappa shape index (κ3) is 4.50. The maximum Gasteiger partial charge on any atom is 0.269 e. The molecule has 10 heteroatoms. The average Bonchev–Trinajstić information content (AvgIpc) is 3.25. The molecular weight excluding hydrogens is 433 g/mol. The lowest BCUT2D eigenvalue weighted by Gasteiger charge is -2.13. The van der Waals surface area contributed by atoms with Crippen molar-refractivity contribution in [2.24, 2.45) is 0 Å². The second-order valence-corrected chi connectivity index (χ2v) is 7.84. The Morgan fingerprint density at radius 3 is 2.75 bits per heavy atom. The molecule has 0 saturated carbocycles. The highest BCUT2D eigenvalue weighted by atomic mass is 32.2. The fraction of sp³-hybridized carbons (Fsp3) is 0.182. The number of hydrogen-bond acceptors (Lipinski definition) is 6. The van der Waals surface area contributed by atoms with Crippen LogP contribution in [-0.2, 0) is 4.79 Å². The summed E-state index contributed by atoms with van der Waals surface area (Å²) in [5.74, 6) is -0.0966. The first-order valence-electron chi connectivity index (χ1n) is 9.84. The molecule has 2 aromatic carbocycles. The number of H-pyrrole nitrogens is 1. The van der Waals surface area contributed by atoms with Crippen LogP contribution in [-0.4, -0.2) is 38.0 Å². The topological polar surface area (TPSA) is 102 Å². The fourth-order valence-electron chi connectivity index (χ4n) is 3.05. The minimum Gasteiger partial charge on any atom is -0.494 e.